The Labute approximate surface area is 134 Å². The monoisotopic (exact) mass is 327 g/mol. The average Bonchev–Trinajstić information content (AvgIpc) is 3.18. The fourth-order valence-electron chi connectivity index (χ4n) is 2.59. The molecule has 6 nitrogen and oxygen atoms in total. The van der Waals surface area contributed by atoms with Crippen LogP contribution < -0.4 is 5.32 Å². The highest BCUT2D eigenvalue weighted by atomic mass is 19.3. The minimum Gasteiger partial charge on any atom is -0.346 e. The van der Waals surface area contributed by atoms with Gasteiger partial charge in [-0.2, -0.15) is 0 Å². The zero-order valence-corrected chi connectivity index (χ0v) is 12.2. The molecule has 0 aliphatic carbocycles. The van der Waals surface area contributed by atoms with Crippen molar-refractivity contribution in [1.82, 2.24) is 19.4 Å². The molecule has 0 saturated carbocycles. The predicted molar refractivity (Wildman–Crippen MR) is 84.2 cm³/mol. The van der Waals surface area contributed by atoms with E-state index in [2.05, 4.69) is 20.3 Å². The highest BCUT2D eigenvalue weighted by Gasteiger charge is 2.25. The lowest BCUT2D eigenvalue weighted by atomic mass is 10.2. The van der Waals surface area contributed by atoms with Crippen molar-refractivity contribution in [2.24, 2.45) is 0 Å². The van der Waals surface area contributed by atoms with Gasteiger partial charge in [-0.05, 0) is 24.3 Å². The zero-order chi connectivity index (χ0) is 16.7. The molecule has 4 heterocycles. The van der Waals surface area contributed by atoms with Gasteiger partial charge in [-0.3, -0.25) is 9.20 Å². The van der Waals surface area contributed by atoms with Gasteiger partial charge >= 0.3 is 0 Å². The highest BCUT2D eigenvalue weighted by molar-refractivity contribution is 6.05. The van der Waals surface area contributed by atoms with Gasteiger partial charge in [0, 0.05) is 17.8 Å². The summed E-state index contributed by atoms with van der Waals surface area (Å²) in [6, 6.07) is 8.39. The second-order valence-electron chi connectivity index (χ2n) is 5.17. The minimum absolute atomic E-state index is 0.185. The Bertz CT molecular complexity index is 1050. The summed E-state index contributed by atoms with van der Waals surface area (Å²) in [6.07, 6.45) is 1.86. The van der Waals surface area contributed by atoms with Gasteiger partial charge in [0.2, 0.25) is 0 Å². The Morgan fingerprint density at radius 2 is 2.17 bits per heavy atom. The van der Waals surface area contributed by atoms with E-state index in [9.17, 15) is 13.6 Å². The van der Waals surface area contributed by atoms with Crippen molar-refractivity contribution in [1.29, 1.82) is 0 Å². The van der Waals surface area contributed by atoms with Crippen molar-refractivity contribution < 1.29 is 13.6 Å². The number of aromatic amines is 1. The molecule has 4 aromatic rings. The maximum atomic E-state index is 13.3. The van der Waals surface area contributed by atoms with Crippen LogP contribution in [-0.4, -0.2) is 25.3 Å². The van der Waals surface area contributed by atoms with Gasteiger partial charge in [0.05, 0.1) is 11.9 Å². The first kappa shape index (κ1) is 14.3. The van der Waals surface area contributed by atoms with Crippen molar-refractivity contribution >= 4 is 28.3 Å². The zero-order valence-electron chi connectivity index (χ0n) is 12.2. The smallest absolute Gasteiger partial charge is 0.282 e. The molecule has 24 heavy (non-hydrogen) atoms. The van der Waals surface area contributed by atoms with E-state index in [0.29, 0.717) is 11.3 Å². The number of aromatic nitrogens is 4. The maximum absolute atomic E-state index is 13.3. The molecule has 0 unspecified atom stereocenters. The lowest BCUT2D eigenvalue weighted by Crippen LogP contribution is -2.16. The summed E-state index contributed by atoms with van der Waals surface area (Å²) < 4.78 is 27.9. The Hall–Kier alpha value is -3.29. The fourth-order valence-corrected chi connectivity index (χ4v) is 2.59. The van der Waals surface area contributed by atoms with Crippen LogP contribution >= 0.6 is 0 Å². The molecule has 120 valence electrons. The first-order valence-corrected chi connectivity index (χ1v) is 7.13. The third-order valence-electron chi connectivity index (χ3n) is 3.64. The fraction of sp³-hybridized carbons (Fsp3) is 0.0625. The summed E-state index contributed by atoms with van der Waals surface area (Å²) in [4.78, 5) is 23.5. The molecular formula is C16H11F2N5O. The summed E-state index contributed by atoms with van der Waals surface area (Å²) in [5.74, 6) is -0.666. The number of hydrogen-bond donors (Lipinski definition) is 2. The molecule has 0 aliphatic heterocycles. The van der Waals surface area contributed by atoms with E-state index in [1.165, 1.54) is 16.8 Å². The van der Waals surface area contributed by atoms with Crippen LogP contribution in [0.15, 0.2) is 48.9 Å². The summed E-state index contributed by atoms with van der Waals surface area (Å²) in [7, 11) is 0. The van der Waals surface area contributed by atoms with E-state index in [1.807, 2.05) is 0 Å². The molecule has 8 heteroatoms. The molecule has 0 spiro atoms. The number of nitrogens with zero attached hydrogens (tertiary/aromatic N) is 3. The van der Waals surface area contributed by atoms with E-state index in [1.54, 1.807) is 36.5 Å². The number of rotatable bonds is 3. The van der Waals surface area contributed by atoms with Crippen molar-refractivity contribution in [2.45, 2.75) is 6.43 Å². The number of halogens is 2. The van der Waals surface area contributed by atoms with Crippen molar-refractivity contribution in [3.8, 4) is 0 Å². The average molecular weight is 327 g/mol. The van der Waals surface area contributed by atoms with Crippen molar-refractivity contribution in [3.63, 3.8) is 0 Å². The van der Waals surface area contributed by atoms with Gasteiger partial charge in [0.15, 0.2) is 0 Å². The number of fused-ring (bicyclic) bond motifs is 2. The van der Waals surface area contributed by atoms with Crippen molar-refractivity contribution in [2.75, 3.05) is 5.32 Å². The van der Waals surface area contributed by atoms with Gasteiger partial charge in [-0.25, -0.2) is 18.7 Å². The Kier molecular flexibility index (Phi) is 3.23. The Balaban J connectivity index is 1.75. The van der Waals surface area contributed by atoms with Gasteiger partial charge in [0.1, 0.15) is 22.7 Å². The molecule has 2 N–H and O–H groups in total. The molecule has 1 amide bonds. The molecule has 4 aromatic heterocycles. The normalized spacial score (nSPS) is 11.5. The standard InChI is InChI=1S/C16H11F2N5O/c17-14(18)12-13(23-6-2-1-3-11(23)22-12)16(24)21-10-7-9-4-5-19-15(9)20-8-10/h1-8,14H,(H,19,20)(H,21,24). The van der Waals surface area contributed by atoms with Crippen LogP contribution in [0.2, 0.25) is 0 Å². The molecule has 0 aromatic carbocycles. The van der Waals surface area contributed by atoms with Gasteiger partial charge in [-0.1, -0.05) is 6.07 Å². The van der Waals surface area contributed by atoms with E-state index >= 15 is 0 Å². The number of amides is 1. The number of nitrogens with one attached hydrogen (secondary N) is 2. The van der Waals surface area contributed by atoms with Crippen LogP contribution in [0.1, 0.15) is 22.6 Å². The Morgan fingerprint density at radius 1 is 1.29 bits per heavy atom. The lowest BCUT2D eigenvalue weighted by molar-refractivity contribution is 0.1000. The SMILES string of the molecule is O=C(Nc1cnc2[nH]ccc2c1)c1c(C(F)F)nc2ccccn12. The van der Waals surface area contributed by atoms with E-state index in [0.717, 1.165) is 5.39 Å². The topological polar surface area (TPSA) is 75.1 Å². The van der Waals surface area contributed by atoms with Crippen LogP contribution in [0.5, 0.6) is 0 Å². The predicted octanol–water partition coefficient (Wildman–Crippen LogP) is 3.40. The van der Waals surface area contributed by atoms with Crippen LogP contribution in [0, 0.1) is 0 Å². The number of carbonyl (C=O) groups is 1. The number of pyridine rings is 2. The van der Waals surface area contributed by atoms with Crippen LogP contribution in [-0.2, 0) is 0 Å². The quantitative estimate of drug-likeness (QED) is 0.605. The minimum atomic E-state index is -2.85. The molecular weight excluding hydrogens is 316 g/mol. The van der Waals surface area contributed by atoms with E-state index in [-0.39, 0.29) is 11.3 Å². The molecule has 0 fully saturated rings. The molecule has 0 saturated heterocycles. The van der Waals surface area contributed by atoms with Gasteiger partial charge in [0.25, 0.3) is 12.3 Å². The first-order valence-electron chi connectivity index (χ1n) is 7.13. The maximum Gasteiger partial charge on any atom is 0.282 e. The second kappa shape index (κ2) is 5.41. The summed E-state index contributed by atoms with van der Waals surface area (Å²) in [6.45, 7) is 0. The van der Waals surface area contributed by atoms with Crippen molar-refractivity contribution in [3.05, 3.63) is 60.3 Å². The van der Waals surface area contributed by atoms with E-state index in [4.69, 9.17) is 0 Å². The molecule has 0 aliphatic rings. The summed E-state index contributed by atoms with van der Waals surface area (Å²) in [5.41, 5.74) is 0.649. The molecule has 4 rings (SSSR count). The lowest BCUT2D eigenvalue weighted by Gasteiger charge is -2.07. The van der Waals surface area contributed by atoms with Gasteiger partial charge in [-0.15, -0.1) is 0 Å². The second-order valence-corrected chi connectivity index (χ2v) is 5.17. The van der Waals surface area contributed by atoms with Gasteiger partial charge < -0.3 is 10.3 Å². The van der Waals surface area contributed by atoms with Crippen LogP contribution in [0.3, 0.4) is 0 Å². The first-order chi connectivity index (χ1) is 11.6. The molecule has 0 atom stereocenters. The van der Waals surface area contributed by atoms with Crippen LogP contribution in [0.25, 0.3) is 16.7 Å². The van der Waals surface area contributed by atoms with Crippen LogP contribution in [0.4, 0.5) is 14.5 Å². The molecule has 0 radical (unpaired) electrons. The Morgan fingerprint density at radius 3 is 3.00 bits per heavy atom. The summed E-state index contributed by atoms with van der Waals surface area (Å²) in [5, 5.41) is 3.41. The number of imidazole rings is 1. The highest BCUT2D eigenvalue weighted by Crippen LogP contribution is 2.25. The third kappa shape index (κ3) is 2.28. The molecule has 0 bridgehead atoms. The number of alkyl halides is 2. The number of H-pyrrole nitrogens is 1. The van der Waals surface area contributed by atoms with E-state index < -0.39 is 18.0 Å². The number of anilines is 1. The largest absolute Gasteiger partial charge is 0.346 e. The third-order valence-corrected chi connectivity index (χ3v) is 3.64. The number of carbonyl (C=O) groups excluding carboxylic acids is 1. The summed E-state index contributed by atoms with van der Waals surface area (Å²) >= 11 is 0. The number of hydrogen-bond acceptors (Lipinski definition) is 3.